The van der Waals surface area contributed by atoms with Crippen molar-refractivity contribution in [3.05, 3.63) is 53.6 Å². The largest absolute Gasteiger partial charge is 0.573 e. The number of hydrogen-bond acceptors (Lipinski definition) is 6. The quantitative estimate of drug-likeness (QED) is 0.255. The summed E-state index contributed by atoms with van der Waals surface area (Å²) in [5.74, 6) is 2.48. The first-order chi connectivity index (χ1) is 18.8. The third-order valence-corrected chi connectivity index (χ3v) is 5.45. The lowest BCUT2D eigenvalue weighted by Gasteiger charge is -2.30. The molecule has 0 spiro atoms. The van der Waals surface area contributed by atoms with Crippen LogP contribution in [0.1, 0.15) is 65.2 Å². The molecular weight excluding hydrogens is 537 g/mol. The van der Waals surface area contributed by atoms with Gasteiger partial charge in [0.15, 0.2) is 0 Å². The van der Waals surface area contributed by atoms with Crippen LogP contribution in [0.2, 0.25) is 0 Å². The van der Waals surface area contributed by atoms with E-state index >= 15 is 0 Å². The van der Waals surface area contributed by atoms with Crippen LogP contribution in [-0.2, 0) is 16.0 Å². The summed E-state index contributed by atoms with van der Waals surface area (Å²) in [5.41, 5.74) is 1.94. The van der Waals surface area contributed by atoms with Crippen molar-refractivity contribution in [3.63, 3.8) is 0 Å². The number of alkyl halides is 3. The van der Waals surface area contributed by atoms with E-state index in [-0.39, 0.29) is 12.3 Å². The number of carbonyl (C=O) groups excluding carboxylic acids is 2. The van der Waals surface area contributed by atoms with Crippen LogP contribution in [-0.4, -0.2) is 41.7 Å². The fraction of sp³-hybridized carbons (Fsp3) is 0.419. The van der Waals surface area contributed by atoms with Gasteiger partial charge in [0.2, 0.25) is 0 Å². The molecule has 10 heteroatoms. The number of nitrogens with zero attached hydrogens (tertiary/aromatic N) is 2. The first-order valence-corrected chi connectivity index (χ1v) is 12.8. The number of ether oxygens (including phenoxy) is 3. The second kappa shape index (κ2) is 12.6. The monoisotopic (exact) mass is 574 g/mol. The summed E-state index contributed by atoms with van der Waals surface area (Å²) in [6.45, 7) is 17.3. The molecule has 0 N–H and O–H groups in total. The normalized spacial score (nSPS) is 11.6. The first kappa shape index (κ1) is 33.1. The highest BCUT2D eigenvalue weighted by atomic mass is 19.4. The molecule has 0 atom stereocenters. The van der Waals surface area contributed by atoms with Crippen molar-refractivity contribution in [3.8, 4) is 28.8 Å². The van der Waals surface area contributed by atoms with Gasteiger partial charge in [-0.25, -0.2) is 14.5 Å². The Morgan fingerprint density at radius 1 is 0.976 bits per heavy atom. The topological polar surface area (TPSA) is 68.3 Å². The minimum absolute atomic E-state index is 0.242. The van der Waals surface area contributed by atoms with Gasteiger partial charge in [0.25, 0.3) is 0 Å². The van der Waals surface area contributed by atoms with Crippen LogP contribution in [0.25, 0.3) is 17.2 Å². The third kappa shape index (κ3) is 9.48. The number of benzene rings is 2. The lowest BCUT2D eigenvalue weighted by molar-refractivity contribution is -0.274. The number of imide groups is 1. The van der Waals surface area contributed by atoms with E-state index in [0.29, 0.717) is 27.9 Å². The average molecular weight is 575 g/mol. The van der Waals surface area contributed by atoms with Crippen molar-refractivity contribution < 1.29 is 37.0 Å². The van der Waals surface area contributed by atoms with E-state index < -0.39 is 29.8 Å². The summed E-state index contributed by atoms with van der Waals surface area (Å²) in [4.78, 5) is 29.0. The van der Waals surface area contributed by atoms with Crippen LogP contribution in [0.5, 0.6) is 5.75 Å². The number of halogens is 3. The maximum Gasteiger partial charge on any atom is 0.573 e. The maximum atomic E-state index is 13.2. The second-order valence-electron chi connectivity index (χ2n) is 11.2. The first-order valence-electron chi connectivity index (χ1n) is 12.8. The minimum atomic E-state index is -4.82. The molecule has 0 saturated heterocycles. The number of hydrogen-bond donors (Lipinski definition) is 0. The summed E-state index contributed by atoms with van der Waals surface area (Å²) in [6.07, 6.45) is -5.03. The standard InChI is InChI=1S/C31H37F3N2O5/c1-11-17-35(10)26-20(3)25(21-13-15-23(16-14-21)39-31(32,33)34)18-22(24(26)12-2)19-36(27(37)40-29(4,5)6)28(38)41-30(7,8)9/h12-16,18H,2,19H2,1,3-10H3. The van der Waals surface area contributed by atoms with Gasteiger partial charge in [-0.05, 0) is 95.8 Å². The van der Waals surface area contributed by atoms with E-state index in [1.165, 1.54) is 24.3 Å². The van der Waals surface area contributed by atoms with Gasteiger partial charge < -0.3 is 19.1 Å². The molecule has 0 aliphatic heterocycles. The van der Waals surface area contributed by atoms with E-state index in [9.17, 15) is 22.8 Å². The van der Waals surface area contributed by atoms with Gasteiger partial charge in [-0.3, -0.25) is 0 Å². The van der Waals surface area contributed by atoms with Crippen LogP contribution >= 0.6 is 0 Å². The zero-order valence-electron chi connectivity index (χ0n) is 24.9. The smallest absolute Gasteiger partial charge is 0.443 e. The summed E-state index contributed by atoms with van der Waals surface area (Å²) in [6, 6.07) is 10.1. The van der Waals surface area contributed by atoms with Crippen molar-refractivity contribution in [2.45, 2.75) is 79.5 Å². The predicted octanol–water partition coefficient (Wildman–Crippen LogP) is 8.29. The molecule has 7 nitrogen and oxygen atoms in total. The average Bonchev–Trinajstić information content (AvgIpc) is 2.80. The van der Waals surface area contributed by atoms with Crippen molar-refractivity contribution in [1.82, 2.24) is 4.90 Å². The zero-order chi connectivity index (χ0) is 31.3. The lowest BCUT2D eigenvalue weighted by Crippen LogP contribution is -2.43. The highest BCUT2D eigenvalue weighted by molar-refractivity contribution is 5.89. The molecule has 2 aromatic rings. The van der Waals surface area contributed by atoms with Crippen LogP contribution in [0.4, 0.5) is 28.4 Å². The summed E-state index contributed by atoms with van der Waals surface area (Å²) >= 11 is 0. The van der Waals surface area contributed by atoms with Crippen LogP contribution in [0.3, 0.4) is 0 Å². The van der Waals surface area contributed by atoms with Gasteiger partial charge in [0.1, 0.15) is 17.0 Å². The van der Waals surface area contributed by atoms with Gasteiger partial charge >= 0.3 is 18.5 Å². The summed E-state index contributed by atoms with van der Waals surface area (Å²) in [5, 5.41) is 0. The molecular formula is C31H37F3N2O5. The summed E-state index contributed by atoms with van der Waals surface area (Å²) < 4.78 is 53.2. The van der Waals surface area contributed by atoms with Crippen molar-refractivity contribution in [2.24, 2.45) is 0 Å². The van der Waals surface area contributed by atoms with Crippen LogP contribution < -0.4 is 9.64 Å². The molecule has 0 aromatic heterocycles. The van der Waals surface area contributed by atoms with E-state index in [2.05, 4.69) is 23.3 Å². The Bertz CT molecular complexity index is 1310. The highest BCUT2D eigenvalue weighted by Gasteiger charge is 2.33. The zero-order valence-corrected chi connectivity index (χ0v) is 24.9. The van der Waals surface area contributed by atoms with Crippen molar-refractivity contribution in [2.75, 3.05) is 11.9 Å². The number of carbonyl (C=O) groups is 2. The third-order valence-electron chi connectivity index (χ3n) is 5.45. The fourth-order valence-electron chi connectivity index (χ4n) is 4.00. The van der Waals surface area contributed by atoms with E-state index in [0.717, 1.165) is 10.5 Å². The molecule has 0 aliphatic carbocycles. The maximum absolute atomic E-state index is 13.2. The SMILES string of the molecule is C=Cc1c(CN(C(=O)OC(C)(C)C)C(=O)OC(C)(C)C)cc(-c2ccc(OC(F)(F)F)cc2)c(C)c1N(C)C#CC. The number of rotatable bonds is 6. The highest BCUT2D eigenvalue weighted by Crippen LogP contribution is 2.38. The van der Waals surface area contributed by atoms with Gasteiger partial charge in [0.05, 0.1) is 12.2 Å². The Morgan fingerprint density at radius 2 is 1.49 bits per heavy atom. The molecule has 222 valence electrons. The fourth-order valence-corrected chi connectivity index (χ4v) is 4.00. The van der Waals surface area contributed by atoms with Crippen molar-refractivity contribution in [1.29, 1.82) is 0 Å². The van der Waals surface area contributed by atoms with Crippen molar-refractivity contribution >= 4 is 23.9 Å². The molecule has 0 fully saturated rings. The molecule has 0 radical (unpaired) electrons. The number of anilines is 1. The molecule has 0 heterocycles. The minimum Gasteiger partial charge on any atom is -0.443 e. The Hall–Kier alpha value is -4.13. The molecule has 0 bridgehead atoms. The van der Waals surface area contributed by atoms with Gasteiger partial charge in [0, 0.05) is 18.7 Å². The molecule has 2 rings (SSSR count). The molecule has 2 aromatic carbocycles. The molecule has 0 unspecified atom stereocenters. The van der Waals surface area contributed by atoms with Crippen LogP contribution in [0, 0.1) is 18.9 Å². The second-order valence-corrected chi connectivity index (χ2v) is 11.2. The molecule has 0 aliphatic rings. The Labute approximate surface area is 239 Å². The molecule has 41 heavy (non-hydrogen) atoms. The molecule has 2 amide bonds. The molecule has 0 saturated carbocycles. The summed E-state index contributed by atoms with van der Waals surface area (Å²) in [7, 11) is 1.75. The van der Waals surface area contributed by atoms with Gasteiger partial charge in [-0.15, -0.1) is 13.2 Å². The Balaban J connectivity index is 2.77. The van der Waals surface area contributed by atoms with Crippen LogP contribution in [0.15, 0.2) is 36.9 Å². The van der Waals surface area contributed by atoms with Gasteiger partial charge in [-0.1, -0.05) is 30.7 Å². The predicted molar refractivity (Wildman–Crippen MR) is 153 cm³/mol. The Kier molecular flexibility index (Phi) is 10.2. The van der Waals surface area contributed by atoms with Gasteiger partial charge in [-0.2, -0.15) is 0 Å². The lowest BCUT2D eigenvalue weighted by atomic mass is 9.91. The number of amides is 2. The van der Waals surface area contributed by atoms with E-state index in [4.69, 9.17) is 9.47 Å². The van der Waals surface area contributed by atoms with E-state index in [1.54, 1.807) is 72.6 Å². The Morgan fingerprint density at radius 3 is 1.90 bits per heavy atom. The van der Waals surface area contributed by atoms with E-state index in [1.807, 2.05) is 6.92 Å².